The van der Waals surface area contributed by atoms with Crippen molar-refractivity contribution in [1.29, 1.82) is 0 Å². The minimum absolute atomic E-state index is 0.0401. The third-order valence-corrected chi connectivity index (χ3v) is 4.87. The third-order valence-electron chi connectivity index (χ3n) is 4.06. The molecule has 2 nitrogen and oxygen atoms in total. The van der Waals surface area contributed by atoms with Gasteiger partial charge in [0.1, 0.15) is 0 Å². The van der Waals surface area contributed by atoms with Crippen LogP contribution >= 0.6 is 11.8 Å². The molecule has 0 aliphatic carbocycles. The summed E-state index contributed by atoms with van der Waals surface area (Å²) in [5.41, 5.74) is -3.64. The van der Waals surface area contributed by atoms with Crippen LogP contribution in [0, 0.1) is 0 Å². The number of hydrogen-bond donors (Lipinski definition) is 1. The second-order valence-corrected chi connectivity index (χ2v) is 6.44. The highest BCUT2D eigenvalue weighted by atomic mass is 32.2. The molecule has 20 heavy (non-hydrogen) atoms. The Labute approximate surface area is 120 Å². The average molecular weight is 302 g/mol. The second kappa shape index (κ2) is 5.48. The van der Waals surface area contributed by atoms with Gasteiger partial charge in [-0.15, -0.1) is 0 Å². The van der Waals surface area contributed by atoms with Gasteiger partial charge in [-0.2, -0.15) is 13.2 Å². The number of halogens is 3. The highest BCUT2D eigenvalue weighted by Crippen LogP contribution is 2.41. The number of para-hydroxylation sites is 1. The van der Waals surface area contributed by atoms with Gasteiger partial charge in [0.15, 0.2) is 0 Å². The van der Waals surface area contributed by atoms with Gasteiger partial charge in [-0.3, -0.25) is 4.90 Å². The molecule has 2 aliphatic heterocycles. The average Bonchev–Trinajstić information content (AvgIpc) is 2.94. The molecule has 2 unspecified atom stereocenters. The summed E-state index contributed by atoms with van der Waals surface area (Å²) in [5, 5.41) is 3.34. The van der Waals surface area contributed by atoms with Crippen molar-refractivity contribution in [2.75, 3.05) is 18.4 Å². The van der Waals surface area contributed by atoms with E-state index in [2.05, 4.69) is 10.2 Å². The summed E-state index contributed by atoms with van der Waals surface area (Å²) in [7, 11) is 0. The molecule has 0 bridgehead atoms. The van der Waals surface area contributed by atoms with E-state index in [4.69, 9.17) is 0 Å². The topological polar surface area (TPSA) is 15.3 Å². The summed E-state index contributed by atoms with van der Waals surface area (Å²) >= 11 is -0.0401. The Morgan fingerprint density at radius 2 is 1.95 bits per heavy atom. The van der Waals surface area contributed by atoms with Gasteiger partial charge in [-0.1, -0.05) is 12.1 Å². The molecule has 0 spiro atoms. The van der Waals surface area contributed by atoms with Gasteiger partial charge < -0.3 is 5.32 Å². The zero-order chi connectivity index (χ0) is 14.2. The fourth-order valence-electron chi connectivity index (χ4n) is 3.25. The van der Waals surface area contributed by atoms with Gasteiger partial charge >= 0.3 is 5.51 Å². The van der Waals surface area contributed by atoms with Crippen molar-refractivity contribution in [2.45, 2.75) is 41.7 Å². The van der Waals surface area contributed by atoms with E-state index in [1.807, 2.05) is 0 Å². The van der Waals surface area contributed by atoms with Crippen molar-refractivity contribution in [3.8, 4) is 0 Å². The lowest BCUT2D eigenvalue weighted by Crippen LogP contribution is -2.33. The number of benzene rings is 1. The highest BCUT2D eigenvalue weighted by Gasteiger charge is 2.37. The predicted molar refractivity (Wildman–Crippen MR) is 75.0 cm³/mol. The van der Waals surface area contributed by atoms with Crippen molar-refractivity contribution in [3.63, 3.8) is 0 Å². The van der Waals surface area contributed by atoms with E-state index in [0.717, 1.165) is 25.9 Å². The predicted octanol–water partition coefficient (Wildman–Crippen LogP) is 3.95. The van der Waals surface area contributed by atoms with E-state index < -0.39 is 5.51 Å². The Morgan fingerprint density at radius 1 is 1.15 bits per heavy atom. The molecule has 3 rings (SSSR count). The van der Waals surface area contributed by atoms with E-state index in [1.165, 1.54) is 12.5 Å². The van der Waals surface area contributed by atoms with Crippen LogP contribution in [0.2, 0.25) is 0 Å². The van der Waals surface area contributed by atoms with Crippen LogP contribution in [0.5, 0.6) is 0 Å². The Kier molecular flexibility index (Phi) is 3.86. The molecule has 2 heterocycles. The SMILES string of the molecule is FC(F)(F)Sc1ccccc1NC1CCN2CCCC12. The number of fused-ring (bicyclic) bond motifs is 1. The van der Waals surface area contributed by atoms with E-state index >= 15 is 0 Å². The molecule has 0 radical (unpaired) electrons. The van der Waals surface area contributed by atoms with Crippen LogP contribution in [0.1, 0.15) is 19.3 Å². The van der Waals surface area contributed by atoms with Gasteiger partial charge in [0.2, 0.25) is 0 Å². The first-order valence-electron chi connectivity index (χ1n) is 6.88. The molecule has 1 aromatic rings. The normalized spacial score (nSPS) is 26.8. The van der Waals surface area contributed by atoms with Crippen LogP contribution in [0.3, 0.4) is 0 Å². The molecular weight excluding hydrogens is 285 g/mol. The van der Waals surface area contributed by atoms with E-state index in [9.17, 15) is 13.2 Å². The van der Waals surface area contributed by atoms with Crippen LogP contribution in [0.25, 0.3) is 0 Å². The molecule has 6 heteroatoms. The molecule has 0 aromatic heterocycles. The summed E-state index contributed by atoms with van der Waals surface area (Å²) in [4.78, 5) is 2.70. The monoisotopic (exact) mass is 302 g/mol. The zero-order valence-electron chi connectivity index (χ0n) is 11.0. The van der Waals surface area contributed by atoms with Crippen molar-refractivity contribution >= 4 is 17.4 Å². The first-order chi connectivity index (χ1) is 9.53. The quantitative estimate of drug-likeness (QED) is 0.851. The number of anilines is 1. The lowest BCUT2D eigenvalue weighted by Gasteiger charge is -2.23. The van der Waals surface area contributed by atoms with Crippen LogP contribution in [-0.2, 0) is 0 Å². The summed E-state index contributed by atoms with van der Waals surface area (Å²) in [5.74, 6) is 0. The summed E-state index contributed by atoms with van der Waals surface area (Å²) in [6, 6.07) is 7.46. The first-order valence-corrected chi connectivity index (χ1v) is 7.70. The second-order valence-electron chi connectivity index (χ2n) is 5.33. The largest absolute Gasteiger partial charge is 0.446 e. The third kappa shape index (κ3) is 3.06. The van der Waals surface area contributed by atoms with Gasteiger partial charge in [-0.05, 0) is 49.7 Å². The van der Waals surface area contributed by atoms with E-state index in [0.29, 0.717) is 11.7 Å². The Bertz CT molecular complexity index is 478. The maximum absolute atomic E-state index is 12.6. The van der Waals surface area contributed by atoms with Crippen LogP contribution in [0.4, 0.5) is 18.9 Å². The molecule has 2 fully saturated rings. The standard InChI is InChI=1S/C14H17F3N2S/c15-14(16,17)20-13-6-2-1-4-11(13)18-10-7-9-19-8-3-5-12(10)19/h1-2,4,6,10,12,18H,3,5,7-9H2. The molecule has 110 valence electrons. The summed E-state index contributed by atoms with van der Waals surface area (Å²) in [6.45, 7) is 2.18. The fraction of sp³-hybridized carbons (Fsp3) is 0.571. The number of nitrogens with one attached hydrogen (secondary N) is 1. The summed E-state index contributed by atoms with van der Waals surface area (Å²) < 4.78 is 37.7. The van der Waals surface area contributed by atoms with E-state index in [1.54, 1.807) is 18.2 Å². The molecular formula is C14H17F3N2S. The van der Waals surface area contributed by atoms with Crippen LogP contribution in [0.15, 0.2) is 29.2 Å². The maximum atomic E-state index is 12.6. The molecule has 2 atom stereocenters. The van der Waals surface area contributed by atoms with Gasteiger partial charge in [0.25, 0.3) is 0 Å². The van der Waals surface area contributed by atoms with Gasteiger partial charge in [-0.25, -0.2) is 0 Å². The minimum atomic E-state index is -4.24. The van der Waals surface area contributed by atoms with Crippen molar-refractivity contribution in [1.82, 2.24) is 4.90 Å². The van der Waals surface area contributed by atoms with Gasteiger partial charge in [0, 0.05) is 29.2 Å². The number of alkyl halides is 3. The Morgan fingerprint density at radius 3 is 2.75 bits per heavy atom. The molecule has 1 N–H and O–H groups in total. The Balaban J connectivity index is 1.74. The van der Waals surface area contributed by atoms with E-state index in [-0.39, 0.29) is 22.7 Å². The molecule has 0 saturated carbocycles. The van der Waals surface area contributed by atoms with Gasteiger partial charge in [0.05, 0.1) is 0 Å². The number of hydrogen-bond acceptors (Lipinski definition) is 3. The molecule has 1 aromatic carbocycles. The summed E-state index contributed by atoms with van der Waals surface area (Å²) in [6.07, 6.45) is 3.35. The maximum Gasteiger partial charge on any atom is 0.446 e. The number of thioether (sulfide) groups is 1. The lowest BCUT2D eigenvalue weighted by molar-refractivity contribution is -0.0327. The zero-order valence-corrected chi connectivity index (χ0v) is 11.8. The molecule has 0 amide bonds. The lowest BCUT2D eigenvalue weighted by atomic mass is 10.1. The molecule has 2 saturated heterocycles. The number of rotatable bonds is 3. The van der Waals surface area contributed by atoms with Crippen LogP contribution in [-0.4, -0.2) is 35.6 Å². The van der Waals surface area contributed by atoms with Crippen molar-refractivity contribution in [3.05, 3.63) is 24.3 Å². The minimum Gasteiger partial charge on any atom is -0.380 e. The fourth-order valence-corrected chi connectivity index (χ4v) is 3.88. The Hall–Kier alpha value is -0.880. The highest BCUT2D eigenvalue weighted by molar-refractivity contribution is 8.00. The van der Waals surface area contributed by atoms with Crippen LogP contribution < -0.4 is 5.32 Å². The number of nitrogens with zero attached hydrogens (tertiary/aromatic N) is 1. The smallest absolute Gasteiger partial charge is 0.380 e. The van der Waals surface area contributed by atoms with Crippen molar-refractivity contribution < 1.29 is 13.2 Å². The first kappa shape index (κ1) is 14.1. The van der Waals surface area contributed by atoms with Crippen molar-refractivity contribution in [2.24, 2.45) is 0 Å². The molecule has 2 aliphatic rings.